The van der Waals surface area contributed by atoms with E-state index in [1.54, 1.807) is 13.2 Å². The molecule has 0 saturated carbocycles. The van der Waals surface area contributed by atoms with Crippen molar-refractivity contribution >= 4 is 12.1 Å². The van der Waals surface area contributed by atoms with Crippen molar-refractivity contribution in [2.75, 3.05) is 33.9 Å². The predicted molar refractivity (Wildman–Crippen MR) is 88.3 cm³/mol. The molecule has 0 radical (unpaired) electrons. The summed E-state index contributed by atoms with van der Waals surface area (Å²) in [5.74, 6) is 0.677. The van der Waals surface area contributed by atoms with Crippen LogP contribution in [0.2, 0.25) is 0 Å². The molecule has 0 aliphatic carbocycles. The molecule has 0 aromatic heterocycles. The van der Waals surface area contributed by atoms with Crippen molar-refractivity contribution in [3.63, 3.8) is 0 Å². The summed E-state index contributed by atoms with van der Waals surface area (Å²) in [5, 5.41) is 11.3. The van der Waals surface area contributed by atoms with E-state index in [4.69, 9.17) is 19.3 Å². The molecule has 2 heterocycles. The zero-order valence-electron chi connectivity index (χ0n) is 14.3. The molecule has 8 heteroatoms. The molecule has 1 amide bonds. The summed E-state index contributed by atoms with van der Waals surface area (Å²) in [6.07, 6.45) is 0.106. The van der Waals surface area contributed by atoms with Crippen molar-refractivity contribution in [1.29, 1.82) is 0 Å². The minimum atomic E-state index is -0.990. The van der Waals surface area contributed by atoms with Gasteiger partial charge in [-0.05, 0) is 18.9 Å². The van der Waals surface area contributed by atoms with Crippen LogP contribution in [0.15, 0.2) is 12.1 Å². The van der Waals surface area contributed by atoms with Gasteiger partial charge >= 0.3 is 12.1 Å². The Morgan fingerprint density at radius 1 is 1.32 bits per heavy atom. The van der Waals surface area contributed by atoms with Crippen molar-refractivity contribution < 1.29 is 28.9 Å². The quantitative estimate of drug-likeness (QED) is 0.779. The first-order valence-corrected chi connectivity index (χ1v) is 8.20. The van der Waals surface area contributed by atoms with Crippen molar-refractivity contribution in [1.82, 2.24) is 10.2 Å². The second kappa shape index (κ2) is 7.18. The standard InChI is InChI=1S/C17H22N2O6/c1-23-11-7-12-14(25-16(20)15(12)13(8-11)24-2)9-19-5-3-10(4-6-19)18-17(21)22/h7-8,10,14,18H,3-6,9H2,1-2H3,(H,21,22)/t14-/m1/s1. The van der Waals surface area contributed by atoms with Crippen LogP contribution in [-0.4, -0.2) is 62.0 Å². The summed E-state index contributed by atoms with van der Waals surface area (Å²) in [6.45, 7) is 2.06. The number of hydrogen-bond acceptors (Lipinski definition) is 6. The van der Waals surface area contributed by atoms with Gasteiger partial charge in [-0.25, -0.2) is 9.59 Å². The van der Waals surface area contributed by atoms with Gasteiger partial charge in [0.05, 0.1) is 14.2 Å². The Balaban J connectivity index is 1.70. The van der Waals surface area contributed by atoms with Gasteiger partial charge < -0.3 is 24.6 Å². The number of nitrogens with one attached hydrogen (secondary N) is 1. The van der Waals surface area contributed by atoms with Crippen molar-refractivity contribution in [2.45, 2.75) is 25.0 Å². The first kappa shape index (κ1) is 17.3. The topological polar surface area (TPSA) is 97.3 Å². The Morgan fingerprint density at radius 3 is 2.64 bits per heavy atom. The van der Waals surface area contributed by atoms with E-state index in [9.17, 15) is 9.59 Å². The third-order valence-electron chi connectivity index (χ3n) is 4.70. The summed E-state index contributed by atoms with van der Waals surface area (Å²) in [4.78, 5) is 25.1. The van der Waals surface area contributed by atoms with Crippen LogP contribution in [0.25, 0.3) is 0 Å². The fourth-order valence-electron chi connectivity index (χ4n) is 3.42. The predicted octanol–water partition coefficient (Wildman–Crippen LogP) is 1.65. The molecule has 25 heavy (non-hydrogen) atoms. The number of hydrogen-bond donors (Lipinski definition) is 2. The maximum atomic E-state index is 12.2. The van der Waals surface area contributed by atoms with E-state index in [-0.39, 0.29) is 18.1 Å². The van der Waals surface area contributed by atoms with E-state index < -0.39 is 6.09 Å². The number of piperidine rings is 1. The third kappa shape index (κ3) is 3.63. The van der Waals surface area contributed by atoms with E-state index in [1.807, 2.05) is 6.07 Å². The summed E-state index contributed by atoms with van der Waals surface area (Å²) in [7, 11) is 3.07. The highest BCUT2D eigenvalue weighted by molar-refractivity contribution is 5.97. The highest BCUT2D eigenvalue weighted by Gasteiger charge is 2.36. The molecule has 0 spiro atoms. The molecule has 2 aliphatic heterocycles. The Labute approximate surface area is 145 Å². The van der Waals surface area contributed by atoms with Crippen LogP contribution in [0, 0.1) is 0 Å². The van der Waals surface area contributed by atoms with Crippen LogP contribution in [0.3, 0.4) is 0 Å². The number of amides is 1. The van der Waals surface area contributed by atoms with E-state index in [1.165, 1.54) is 7.11 Å². The largest absolute Gasteiger partial charge is 0.497 e. The van der Waals surface area contributed by atoms with Gasteiger partial charge in [0.25, 0.3) is 0 Å². The lowest BCUT2D eigenvalue weighted by Crippen LogP contribution is -2.45. The Bertz CT molecular complexity index is 669. The van der Waals surface area contributed by atoms with Gasteiger partial charge in [0.2, 0.25) is 0 Å². The third-order valence-corrected chi connectivity index (χ3v) is 4.70. The van der Waals surface area contributed by atoms with Crippen molar-refractivity contribution in [3.05, 3.63) is 23.3 Å². The average Bonchev–Trinajstić information content (AvgIpc) is 2.91. The highest BCUT2D eigenvalue weighted by Crippen LogP contribution is 2.40. The van der Waals surface area contributed by atoms with E-state index in [0.29, 0.717) is 23.6 Å². The van der Waals surface area contributed by atoms with E-state index >= 15 is 0 Å². The second-order valence-corrected chi connectivity index (χ2v) is 6.21. The molecule has 0 bridgehead atoms. The van der Waals surface area contributed by atoms with Crippen LogP contribution >= 0.6 is 0 Å². The number of ether oxygens (including phenoxy) is 3. The molecule has 1 aromatic carbocycles. The number of nitrogens with zero attached hydrogens (tertiary/aromatic N) is 1. The zero-order chi connectivity index (χ0) is 18.0. The minimum absolute atomic E-state index is 0.0210. The number of carbonyl (C=O) groups is 2. The number of methoxy groups -OCH3 is 2. The zero-order valence-corrected chi connectivity index (χ0v) is 14.3. The van der Waals surface area contributed by atoms with Gasteiger partial charge in [-0.3, -0.25) is 4.90 Å². The molecule has 2 N–H and O–H groups in total. The fourth-order valence-corrected chi connectivity index (χ4v) is 3.42. The van der Waals surface area contributed by atoms with Gasteiger partial charge in [-0.15, -0.1) is 0 Å². The number of carbonyl (C=O) groups excluding carboxylic acids is 1. The van der Waals surface area contributed by atoms with Crippen molar-refractivity contribution in [3.8, 4) is 11.5 Å². The first-order chi connectivity index (χ1) is 12.0. The van der Waals surface area contributed by atoms with Gasteiger partial charge in [0, 0.05) is 37.3 Å². The molecule has 136 valence electrons. The van der Waals surface area contributed by atoms with Crippen LogP contribution < -0.4 is 14.8 Å². The number of likely N-dealkylation sites (tertiary alicyclic amines) is 1. The van der Waals surface area contributed by atoms with Gasteiger partial charge in [0.15, 0.2) is 0 Å². The Morgan fingerprint density at radius 2 is 2.04 bits per heavy atom. The molecular weight excluding hydrogens is 328 g/mol. The molecule has 8 nitrogen and oxygen atoms in total. The first-order valence-electron chi connectivity index (χ1n) is 8.20. The number of cyclic esters (lactones) is 1. The lowest BCUT2D eigenvalue weighted by atomic mass is 10.0. The van der Waals surface area contributed by atoms with Gasteiger partial charge in [-0.2, -0.15) is 0 Å². The van der Waals surface area contributed by atoms with Crippen LogP contribution in [0.4, 0.5) is 4.79 Å². The number of rotatable bonds is 5. The number of benzene rings is 1. The summed E-state index contributed by atoms with van der Waals surface area (Å²) < 4.78 is 16.1. The lowest BCUT2D eigenvalue weighted by Gasteiger charge is -2.33. The number of carboxylic acid groups (broad SMARTS) is 1. The van der Waals surface area contributed by atoms with Gasteiger partial charge in [-0.1, -0.05) is 0 Å². The molecule has 1 fully saturated rings. The molecule has 1 atom stereocenters. The number of fused-ring (bicyclic) bond motifs is 1. The van der Waals surface area contributed by atoms with Crippen molar-refractivity contribution in [2.24, 2.45) is 0 Å². The van der Waals surface area contributed by atoms with Crippen LogP contribution in [-0.2, 0) is 4.74 Å². The monoisotopic (exact) mass is 350 g/mol. The van der Waals surface area contributed by atoms with Crippen LogP contribution in [0.5, 0.6) is 11.5 Å². The maximum Gasteiger partial charge on any atom is 0.404 e. The molecule has 2 aliphatic rings. The summed E-state index contributed by atoms with van der Waals surface area (Å²) in [5.41, 5.74) is 1.22. The van der Waals surface area contributed by atoms with Crippen LogP contribution in [0.1, 0.15) is 34.9 Å². The maximum absolute atomic E-state index is 12.2. The van der Waals surface area contributed by atoms with E-state index in [2.05, 4.69) is 10.2 Å². The minimum Gasteiger partial charge on any atom is -0.497 e. The second-order valence-electron chi connectivity index (χ2n) is 6.21. The summed E-state index contributed by atoms with van der Waals surface area (Å²) >= 11 is 0. The normalized spacial score (nSPS) is 20.7. The highest BCUT2D eigenvalue weighted by atomic mass is 16.6. The lowest BCUT2D eigenvalue weighted by molar-refractivity contribution is 0.0263. The SMILES string of the molecule is COc1cc(OC)c2c(c1)[C@@H](CN1CCC(NC(=O)O)CC1)OC2=O. The molecule has 0 unspecified atom stereocenters. The molecule has 3 rings (SSSR count). The molecule has 1 saturated heterocycles. The van der Waals surface area contributed by atoms with E-state index in [0.717, 1.165) is 31.5 Å². The average molecular weight is 350 g/mol. The summed E-state index contributed by atoms with van der Waals surface area (Å²) in [6, 6.07) is 3.46. The Kier molecular flexibility index (Phi) is 4.98. The van der Waals surface area contributed by atoms with Gasteiger partial charge in [0.1, 0.15) is 23.2 Å². The molecule has 1 aromatic rings. The number of esters is 1. The molecular formula is C17H22N2O6. The fraction of sp³-hybridized carbons (Fsp3) is 0.529. The smallest absolute Gasteiger partial charge is 0.404 e. The Hall–Kier alpha value is -2.48.